The molecule has 0 unspecified atom stereocenters. The SMILES string of the molecule is CCNC(=O)NC(=O)[C@@H](OC(=O)c1cccc(OC)c1OC)c1ccccc1. The Kier molecular flexibility index (Phi) is 7.38. The second kappa shape index (κ2) is 9.96. The molecule has 3 amide bonds. The highest BCUT2D eigenvalue weighted by Crippen LogP contribution is 2.32. The number of carbonyl (C=O) groups excluding carboxylic acids is 3. The Labute approximate surface area is 162 Å². The number of nitrogens with one attached hydrogen (secondary N) is 2. The van der Waals surface area contributed by atoms with Crippen molar-refractivity contribution >= 4 is 17.9 Å². The van der Waals surface area contributed by atoms with E-state index in [4.69, 9.17) is 14.2 Å². The van der Waals surface area contributed by atoms with Crippen molar-refractivity contribution in [3.63, 3.8) is 0 Å². The van der Waals surface area contributed by atoms with Gasteiger partial charge in [0.1, 0.15) is 5.56 Å². The van der Waals surface area contributed by atoms with E-state index in [1.54, 1.807) is 49.4 Å². The number of amides is 3. The molecule has 28 heavy (non-hydrogen) atoms. The van der Waals surface area contributed by atoms with Gasteiger partial charge in [0.15, 0.2) is 11.5 Å². The predicted octanol–water partition coefficient (Wildman–Crippen LogP) is 2.45. The Hall–Kier alpha value is -3.55. The molecule has 2 aromatic carbocycles. The first-order valence-corrected chi connectivity index (χ1v) is 8.57. The van der Waals surface area contributed by atoms with Crippen LogP contribution in [0.3, 0.4) is 0 Å². The smallest absolute Gasteiger partial charge is 0.343 e. The number of urea groups is 1. The molecule has 0 saturated carbocycles. The molecule has 8 heteroatoms. The summed E-state index contributed by atoms with van der Waals surface area (Å²) >= 11 is 0. The maximum absolute atomic E-state index is 12.8. The van der Waals surface area contributed by atoms with Crippen LogP contribution in [0.25, 0.3) is 0 Å². The second-order valence-electron chi connectivity index (χ2n) is 5.59. The van der Waals surface area contributed by atoms with E-state index in [0.717, 1.165) is 0 Å². The number of methoxy groups -OCH3 is 2. The molecule has 0 bridgehead atoms. The Bertz CT molecular complexity index is 838. The van der Waals surface area contributed by atoms with Gasteiger partial charge in [0.05, 0.1) is 14.2 Å². The molecule has 0 aromatic heterocycles. The fourth-order valence-corrected chi connectivity index (χ4v) is 2.50. The molecule has 0 spiro atoms. The zero-order chi connectivity index (χ0) is 20.5. The molecule has 148 valence electrons. The van der Waals surface area contributed by atoms with Crippen molar-refractivity contribution in [1.29, 1.82) is 0 Å². The van der Waals surface area contributed by atoms with Gasteiger partial charge in [-0.3, -0.25) is 10.1 Å². The highest BCUT2D eigenvalue weighted by Gasteiger charge is 2.28. The summed E-state index contributed by atoms with van der Waals surface area (Å²) in [4.78, 5) is 37.0. The Morgan fingerprint density at radius 2 is 1.68 bits per heavy atom. The minimum atomic E-state index is -1.33. The van der Waals surface area contributed by atoms with E-state index in [0.29, 0.717) is 17.9 Å². The van der Waals surface area contributed by atoms with E-state index in [-0.39, 0.29) is 11.3 Å². The molecule has 0 fully saturated rings. The summed E-state index contributed by atoms with van der Waals surface area (Å²) in [7, 11) is 2.84. The molecular formula is C20H22N2O6. The average Bonchev–Trinajstić information content (AvgIpc) is 2.71. The summed E-state index contributed by atoms with van der Waals surface area (Å²) in [5.41, 5.74) is 0.508. The number of benzene rings is 2. The molecule has 0 heterocycles. The van der Waals surface area contributed by atoms with Gasteiger partial charge in [0, 0.05) is 12.1 Å². The zero-order valence-electron chi connectivity index (χ0n) is 15.9. The molecule has 2 N–H and O–H groups in total. The molecule has 8 nitrogen and oxygen atoms in total. The number of hydrogen-bond donors (Lipinski definition) is 2. The number of carbonyl (C=O) groups is 3. The third kappa shape index (κ3) is 5.00. The Morgan fingerprint density at radius 3 is 2.29 bits per heavy atom. The lowest BCUT2D eigenvalue weighted by Gasteiger charge is -2.19. The molecule has 0 aliphatic heterocycles. The average molecular weight is 386 g/mol. The lowest BCUT2D eigenvalue weighted by molar-refractivity contribution is -0.129. The largest absolute Gasteiger partial charge is 0.493 e. The summed E-state index contributed by atoms with van der Waals surface area (Å²) in [5.74, 6) is -1.03. The standard InChI is InChI=1S/C20H22N2O6/c1-4-21-20(25)22-18(23)16(13-9-6-5-7-10-13)28-19(24)14-11-8-12-15(26-2)17(14)27-3/h5-12,16H,4H2,1-3H3,(H2,21,22,23,25)/t16-/m0/s1. The molecule has 0 aliphatic carbocycles. The van der Waals surface area contributed by atoms with E-state index in [1.165, 1.54) is 20.3 Å². The summed E-state index contributed by atoms with van der Waals surface area (Å²) in [6.07, 6.45) is -1.33. The van der Waals surface area contributed by atoms with Gasteiger partial charge in [0.2, 0.25) is 6.10 Å². The number of hydrogen-bond acceptors (Lipinski definition) is 6. The van der Waals surface area contributed by atoms with E-state index in [9.17, 15) is 14.4 Å². The van der Waals surface area contributed by atoms with Crippen molar-refractivity contribution in [3.8, 4) is 11.5 Å². The maximum Gasteiger partial charge on any atom is 0.343 e. The Morgan fingerprint density at radius 1 is 0.964 bits per heavy atom. The third-order valence-corrected chi connectivity index (χ3v) is 3.76. The van der Waals surface area contributed by atoms with Gasteiger partial charge in [-0.25, -0.2) is 9.59 Å². The predicted molar refractivity (Wildman–Crippen MR) is 101 cm³/mol. The van der Waals surface area contributed by atoms with Crippen molar-refractivity contribution in [1.82, 2.24) is 10.6 Å². The molecule has 0 aliphatic rings. The summed E-state index contributed by atoms with van der Waals surface area (Å²) < 4.78 is 15.9. The van der Waals surface area contributed by atoms with Crippen molar-refractivity contribution < 1.29 is 28.6 Å². The zero-order valence-corrected chi connectivity index (χ0v) is 15.9. The molecule has 2 aromatic rings. The van der Waals surface area contributed by atoms with Crippen molar-refractivity contribution in [2.45, 2.75) is 13.0 Å². The van der Waals surface area contributed by atoms with Gasteiger partial charge in [-0.05, 0) is 19.1 Å². The molecule has 2 rings (SSSR count). The third-order valence-electron chi connectivity index (χ3n) is 3.76. The lowest BCUT2D eigenvalue weighted by Crippen LogP contribution is -2.42. The molecular weight excluding hydrogens is 364 g/mol. The fraction of sp³-hybridized carbons (Fsp3) is 0.250. The quantitative estimate of drug-likeness (QED) is 0.709. The van der Waals surface area contributed by atoms with E-state index in [2.05, 4.69) is 10.6 Å². The molecule has 0 saturated heterocycles. The Balaban J connectivity index is 2.31. The van der Waals surface area contributed by atoms with Gasteiger partial charge in [-0.1, -0.05) is 36.4 Å². The number of para-hydroxylation sites is 1. The van der Waals surface area contributed by atoms with Crippen LogP contribution in [0.4, 0.5) is 4.79 Å². The van der Waals surface area contributed by atoms with E-state index < -0.39 is 24.0 Å². The van der Waals surface area contributed by atoms with Gasteiger partial charge in [-0.15, -0.1) is 0 Å². The van der Waals surface area contributed by atoms with Gasteiger partial charge < -0.3 is 19.5 Å². The van der Waals surface area contributed by atoms with Crippen LogP contribution in [0, 0.1) is 0 Å². The van der Waals surface area contributed by atoms with Gasteiger partial charge in [0.25, 0.3) is 5.91 Å². The van der Waals surface area contributed by atoms with Crippen molar-refractivity contribution in [2.75, 3.05) is 20.8 Å². The van der Waals surface area contributed by atoms with Crippen LogP contribution in [-0.2, 0) is 9.53 Å². The van der Waals surface area contributed by atoms with Crippen molar-refractivity contribution in [3.05, 3.63) is 59.7 Å². The summed E-state index contributed by atoms with van der Waals surface area (Å²) in [6.45, 7) is 2.06. The van der Waals surface area contributed by atoms with Crippen LogP contribution < -0.4 is 20.1 Å². The minimum Gasteiger partial charge on any atom is -0.493 e. The van der Waals surface area contributed by atoms with Crippen LogP contribution in [0.2, 0.25) is 0 Å². The molecule has 0 radical (unpaired) electrons. The minimum absolute atomic E-state index is 0.0913. The summed E-state index contributed by atoms with van der Waals surface area (Å²) in [6, 6.07) is 12.4. The lowest BCUT2D eigenvalue weighted by atomic mass is 10.1. The topological polar surface area (TPSA) is 103 Å². The van der Waals surface area contributed by atoms with Crippen LogP contribution in [0.1, 0.15) is 28.9 Å². The first-order chi connectivity index (χ1) is 13.5. The van der Waals surface area contributed by atoms with E-state index in [1.807, 2.05) is 0 Å². The van der Waals surface area contributed by atoms with Gasteiger partial charge >= 0.3 is 12.0 Å². The van der Waals surface area contributed by atoms with Crippen LogP contribution in [0.15, 0.2) is 48.5 Å². The first-order valence-electron chi connectivity index (χ1n) is 8.57. The van der Waals surface area contributed by atoms with Crippen molar-refractivity contribution in [2.24, 2.45) is 0 Å². The normalized spacial score (nSPS) is 11.1. The molecule has 1 atom stereocenters. The number of imide groups is 1. The highest BCUT2D eigenvalue weighted by molar-refractivity contribution is 6.00. The monoisotopic (exact) mass is 386 g/mol. The maximum atomic E-state index is 12.8. The fourth-order valence-electron chi connectivity index (χ4n) is 2.50. The van der Waals surface area contributed by atoms with Crippen LogP contribution in [-0.4, -0.2) is 38.7 Å². The number of esters is 1. The van der Waals surface area contributed by atoms with Gasteiger partial charge in [-0.2, -0.15) is 0 Å². The van der Waals surface area contributed by atoms with Crippen LogP contribution in [0.5, 0.6) is 11.5 Å². The second-order valence-corrected chi connectivity index (χ2v) is 5.59. The number of ether oxygens (including phenoxy) is 3. The highest BCUT2D eigenvalue weighted by atomic mass is 16.6. The number of rotatable bonds is 7. The first kappa shape index (κ1) is 20.8. The van der Waals surface area contributed by atoms with Crippen LogP contribution >= 0.6 is 0 Å². The van der Waals surface area contributed by atoms with E-state index >= 15 is 0 Å². The summed E-state index contributed by atoms with van der Waals surface area (Å²) in [5, 5.41) is 4.62.